The molecule has 0 radical (unpaired) electrons. The first-order valence-electron chi connectivity index (χ1n) is 8.79. The molecule has 1 aliphatic heterocycles. The Morgan fingerprint density at radius 1 is 1.11 bits per heavy atom. The summed E-state index contributed by atoms with van der Waals surface area (Å²) in [6, 6.07) is 14.0. The Hall–Kier alpha value is -3.73. The Labute approximate surface area is 162 Å². The van der Waals surface area contributed by atoms with Crippen molar-refractivity contribution >= 4 is 17.8 Å². The van der Waals surface area contributed by atoms with Crippen LogP contribution in [0.4, 0.5) is 0 Å². The summed E-state index contributed by atoms with van der Waals surface area (Å²) in [5, 5.41) is 0. The molecular formula is C23H17NO4. The zero-order valence-electron chi connectivity index (χ0n) is 15.4. The van der Waals surface area contributed by atoms with Crippen LogP contribution >= 0.6 is 0 Å². The Balaban J connectivity index is 1.62. The van der Waals surface area contributed by atoms with E-state index in [4.69, 9.17) is 9.47 Å². The van der Waals surface area contributed by atoms with Crippen LogP contribution in [-0.4, -0.2) is 16.7 Å². The van der Waals surface area contributed by atoms with E-state index in [1.807, 2.05) is 19.1 Å². The highest BCUT2D eigenvalue weighted by Crippen LogP contribution is 2.39. The summed E-state index contributed by atoms with van der Waals surface area (Å²) in [7, 11) is 0. The predicted octanol–water partition coefficient (Wildman–Crippen LogP) is 4.53. The Morgan fingerprint density at radius 3 is 2.71 bits per heavy atom. The van der Waals surface area contributed by atoms with Gasteiger partial charge >= 0.3 is 5.97 Å². The molecule has 0 atom stereocenters. The molecule has 0 bridgehead atoms. The lowest BCUT2D eigenvalue weighted by Gasteiger charge is -2.10. The summed E-state index contributed by atoms with van der Waals surface area (Å²) in [5.74, 6) is 0.323. The molecule has 0 saturated carbocycles. The number of nitrogens with zero attached hydrogens (tertiary/aromatic N) is 1. The van der Waals surface area contributed by atoms with E-state index in [0.717, 1.165) is 11.1 Å². The van der Waals surface area contributed by atoms with E-state index in [1.54, 1.807) is 61.8 Å². The van der Waals surface area contributed by atoms with Gasteiger partial charge in [0.25, 0.3) is 0 Å². The lowest BCUT2D eigenvalue weighted by atomic mass is 10.1. The van der Waals surface area contributed by atoms with Gasteiger partial charge in [-0.15, -0.1) is 0 Å². The van der Waals surface area contributed by atoms with Gasteiger partial charge in [0.05, 0.1) is 11.1 Å². The van der Waals surface area contributed by atoms with Crippen LogP contribution in [-0.2, 0) is 0 Å². The molecule has 0 amide bonds. The third kappa shape index (κ3) is 3.30. The molecule has 2 aromatic carbocycles. The highest BCUT2D eigenvalue weighted by atomic mass is 16.5. The van der Waals surface area contributed by atoms with Crippen molar-refractivity contribution in [1.82, 2.24) is 4.98 Å². The number of aryl methyl sites for hydroxylation is 1. The molecule has 138 valence electrons. The number of esters is 1. The van der Waals surface area contributed by atoms with Crippen LogP contribution in [0.25, 0.3) is 6.08 Å². The zero-order chi connectivity index (χ0) is 19.7. The van der Waals surface area contributed by atoms with Crippen LogP contribution in [0.2, 0.25) is 0 Å². The van der Waals surface area contributed by atoms with Gasteiger partial charge in [-0.25, -0.2) is 4.79 Å². The van der Waals surface area contributed by atoms with Gasteiger partial charge in [0.2, 0.25) is 5.78 Å². The molecule has 1 aromatic heterocycles. The fraction of sp³-hybridized carbons (Fsp3) is 0.0870. The molecule has 4 rings (SSSR count). The molecule has 2 heterocycles. The monoisotopic (exact) mass is 371 g/mol. The second-order valence-electron chi connectivity index (χ2n) is 6.55. The predicted molar refractivity (Wildman–Crippen MR) is 104 cm³/mol. The highest BCUT2D eigenvalue weighted by molar-refractivity contribution is 6.15. The second kappa shape index (κ2) is 7.12. The lowest BCUT2D eigenvalue weighted by molar-refractivity contribution is 0.0733. The average Bonchev–Trinajstić information content (AvgIpc) is 3.01. The molecule has 3 aromatic rings. The minimum Gasteiger partial charge on any atom is -0.452 e. The molecule has 0 spiro atoms. The van der Waals surface area contributed by atoms with Crippen LogP contribution in [0.1, 0.15) is 37.4 Å². The average molecular weight is 371 g/mol. The van der Waals surface area contributed by atoms with Gasteiger partial charge in [0.1, 0.15) is 11.5 Å². The molecule has 5 nitrogen and oxygen atoms in total. The molecule has 1 aliphatic rings. The first kappa shape index (κ1) is 17.7. The first-order chi connectivity index (χ1) is 13.5. The van der Waals surface area contributed by atoms with Gasteiger partial charge in [0, 0.05) is 18.0 Å². The van der Waals surface area contributed by atoms with Crippen LogP contribution in [0.3, 0.4) is 0 Å². The first-order valence-corrected chi connectivity index (χ1v) is 8.79. The molecule has 0 aliphatic carbocycles. The number of aromatic nitrogens is 1. The smallest absolute Gasteiger partial charge is 0.343 e. The van der Waals surface area contributed by atoms with E-state index in [9.17, 15) is 9.59 Å². The van der Waals surface area contributed by atoms with Crippen LogP contribution < -0.4 is 9.47 Å². The minimum absolute atomic E-state index is 0.210. The molecule has 28 heavy (non-hydrogen) atoms. The van der Waals surface area contributed by atoms with E-state index in [0.29, 0.717) is 28.2 Å². The Morgan fingerprint density at radius 2 is 1.96 bits per heavy atom. The van der Waals surface area contributed by atoms with Crippen LogP contribution in [0, 0.1) is 13.8 Å². The van der Waals surface area contributed by atoms with Gasteiger partial charge in [-0.3, -0.25) is 9.78 Å². The molecular weight excluding hydrogens is 354 g/mol. The Kier molecular flexibility index (Phi) is 4.49. The molecule has 0 N–H and O–H groups in total. The van der Waals surface area contributed by atoms with E-state index < -0.39 is 5.97 Å². The van der Waals surface area contributed by atoms with Crippen molar-refractivity contribution in [1.29, 1.82) is 0 Å². The van der Waals surface area contributed by atoms with Crippen LogP contribution in [0.5, 0.6) is 11.5 Å². The minimum atomic E-state index is -0.456. The number of pyridine rings is 1. The fourth-order valence-electron chi connectivity index (χ4n) is 3.02. The number of hydrogen-bond donors (Lipinski definition) is 0. The SMILES string of the molecule is Cc1cccc(C(=O)Oc2ccc3c(c2C)O/C(=C\c2cccnc2)C3=O)c1. The number of ketones is 1. The number of carbonyl (C=O) groups excluding carboxylic acids is 2. The van der Waals surface area contributed by atoms with Crippen molar-refractivity contribution in [3.05, 3.63) is 94.5 Å². The Bertz CT molecular complexity index is 1120. The maximum atomic E-state index is 12.6. The lowest BCUT2D eigenvalue weighted by Crippen LogP contribution is -2.09. The van der Waals surface area contributed by atoms with E-state index in [1.165, 1.54) is 0 Å². The number of allylic oxidation sites excluding steroid dienone is 1. The number of ether oxygens (including phenoxy) is 2. The quantitative estimate of drug-likeness (QED) is 0.384. The van der Waals surface area contributed by atoms with Gasteiger partial charge < -0.3 is 9.47 Å². The maximum Gasteiger partial charge on any atom is 0.343 e. The highest BCUT2D eigenvalue weighted by Gasteiger charge is 2.30. The molecule has 0 unspecified atom stereocenters. The zero-order valence-corrected chi connectivity index (χ0v) is 15.4. The third-order valence-electron chi connectivity index (χ3n) is 4.48. The summed E-state index contributed by atoms with van der Waals surface area (Å²) >= 11 is 0. The van der Waals surface area contributed by atoms with Gasteiger partial charge in [-0.05, 0) is 55.8 Å². The fourth-order valence-corrected chi connectivity index (χ4v) is 3.02. The van der Waals surface area contributed by atoms with Crippen LogP contribution in [0.15, 0.2) is 66.7 Å². The van der Waals surface area contributed by atoms with Gasteiger partial charge in [-0.1, -0.05) is 23.8 Å². The number of benzene rings is 2. The van der Waals surface area contributed by atoms with E-state index in [-0.39, 0.29) is 11.5 Å². The third-order valence-corrected chi connectivity index (χ3v) is 4.48. The van der Waals surface area contributed by atoms with Crippen molar-refractivity contribution in [3.63, 3.8) is 0 Å². The number of Topliss-reactive ketones (excluding diaryl/α,β-unsaturated/α-hetero) is 1. The summed E-state index contributed by atoms with van der Waals surface area (Å²) in [6.07, 6.45) is 4.95. The summed E-state index contributed by atoms with van der Waals surface area (Å²) < 4.78 is 11.3. The van der Waals surface area contributed by atoms with Crippen molar-refractivity contribution < 1.29 is 19.1 Å². The normalized spacial score (nSPS) is 13.9. The number of hydrogen-bond acceptors (Lipinski definition) is 5. The molecule has 0 fully saturated rings. The molecule has 5 heteroatoms. The van der Waals surface area contributed by atoms with Crippen molar-refractivity contribution in [2.45, 2.75) is 13.8 Å². The number of carbonyl (C=O) groups is 2. The molecule has 0 saturated heterocycles. The number of rotatable bonds is 3. The van der Waals surface area contributed by atoms with E-state index in [2.05, 4.69) is 4.98 Å². The second-order valence-corrected chi connectivity index (χ2v) is 6.55. The summed E-state index contributed by atoms with van der Waals surface area (Å²) in [5.41, 5.74) is 3.25. The van der Waals surface area contributed by atoms with Crippen molar-refractivity contribution in [2.24, 2.45) is 0 Å². The van der Waals surface area contributed by atoms with E-state index >= 15 is 0 Å². The number of fused-ring (bicyclic) bond motifs is 1. The van der Waals surface area contributed by atoms with Crippen molar-refractivity contribution in [3.8, 4) is 11.5 Å². The van der Waals surface area contributed by atoms with Crippen molar-refractivity contribution in [2.75, 3.05) is 0 Å². The summed E-state index contributed by atoms with van der Waals surface area (Å²) in [4.78, 5) is 29.1. The largest absolute Gasteiger partial charge is 0.452 e. The summed E-state index contributed by atoms with van der Waals surface area (Å²) in [6.45, 7) is 3.67. The topological polar surface area (TPSA) is 65.5 Å². The standard InChI is InChI=1S/C23H17NO4/c1-14-5-3-7-17(11-14)23(26)28-19-9-8-18-21(25)20(27-22(18)15(19)2)12-16-6-4-10-24-13-16/h3-13H,1-2H3/b20-12-. The van der Waals surface area contributed by atoms with Gasteiger partial charge in [0.15, 0.2) is 5.76 Å². The van der Waals surface area contributed by atoms with Gasteiger partial charge in [-0.2, -0.15) is 0 Å². The maximum absolute atomic E-state index is 12.6.